The van der Waals surface area contributed by atoms with Crippen molar-refractivity contribution in [1.82, 2.24) is 4.98 Å². The van der Waals surface area contributed by atoms with Crippen molar-refractivity contribution < 1.29 is 14.3 Å². The first-order valence-electron chi connectivity index (χ1n) is 5.23. The highest BCUT2D eigenvalue weighted by Crippen LogP contribution is 2.25. The Labute approximate surface area is 109 Å². The van der Waals surface area contributed by atoms with Crippen molar-refractivity contribution in [2.75, 3.05) is 14.2 Å². The third-order valence-electron chi connectivity index (χ3n) is 2.25. The second-order valence-electron chi connectivity index (χ2n) is 3.41. The maximum atomic E-state index is 10.9. The van der Waals surface area contributed by atoms with Crippen LogP contribution in [0, 0.1) is 11.8 Å². The molecule has 0 radical (unpaired) electrons. The highest BCUT2D eigenvalue weighted by molar-refractivity contribution is 7.19. The van der Waals surface area contributed by atoms with Crippen LogP contribution in [0.2, 0.25) is 0 Å². The molecule has 0 atom stereocenters. The van der Waals surface area contributed by atoms with Crippen molar-refractivity contribution in [3.05, 3.63) is 23.2 Å². The van der Waals surface area contributed by atoms with Gasteiger partial charge in [-0.15, -0.1) is 11.3 Å². The molecule has 4 nitrogen and oxygen atoms in total. The van der Waals surface area contributed by atoms with Gasteiger partial charge in [-0.1, -0.05) is 5.92 Å². The number of hydrogen-bond donors (Lipinski definition) is 0. The van der Waals surface area contributed by atoms with E-state index in [0.29, 0.717) is 5.01 Å². The third-order valence-corrected chi connectivity index (χ3v) is 3.18. The Balaban J connectivity index is 2.22. The Morgan fingerprint density at radius 2 is 2.28 bits per heavy atom. The summed E-state index contributed by atoms with van der Waals surface area (Å²) in [5.41, 5.74) is 0.878. The fourth-order valence-corrected chi connectivity index (χ4v) is 2.22. The normalized spacial score (nSPS) is 9.67. The molecule has 0 bridgehead atoms. The molecule has 1 aromatic carbocycles. The van der Waals surface area contributed by atoms with E-state index in [1.165, 1.54) is 18.4 Å². The van der Waals surface area contributed by atoms with Crippen LogP contribution in [0.4, 0.5) is 0 Å². The molecule has 0 unspecified atom stereocenters. The first-order valence-corrected chi connectivity index (χ1v) is 6.05. The lowest BCUT2D eigenvalue weighted by Crippen LogP contribution is -1.96. The van der Waals surface area contributed by atoms with Crippen LogP contribution in [0.25, 0.3) is 10.2 Å². The number of aromatic nitrogens is 1. The van der Waals surface area contributed by atoms with Gasteiger partial charge < -0.3 is 9.47 Å². The predicted octanol–water partition coefficient (Wildman–Crippen LogP) is 2.22. The largest absolute Gasteiger partial charge is 0.497 e. The van der Waals surface area contributed by atoms with Crippen LogP contribution in [0.3, 0.4) is 0 Å². The van der Waals surface area contributed by atoms with Crippen LogP contribution >= 0.6 is 11.3 Å². The van der Waals surface area contributed by atoms with Crippen LogP contribution < -0.4 is 4.74 Å². The van der Waals surface area contributed by atoms with Crippen LogP contribution in [0.1, 0.15) is 11.4 Å². The monoisotopic (exact) mass is 261 g/mol. The number of ether oxygens (including phenoxy) is 2. The topological polar surface area (TPSA) is 48.4 Å². The Bertz CT molecular complexity index is 636. The number of fused-ring (bicyclic) bond motifs is 1. The van der Waals surface area contributed by atoms with Gasteiger partial charge in [-0.3, -0.25) is 4.79 Å². The van der Waals surface area contributed by atoms with Crippen LogP contribution in [0.15, 0.2) is 18.2 Å². The van der Waals surface area contributed by atoms with Gasteiger partial charge in [0.15, 0.2) is 5.01 Å². The maximum Gasteiger partial charge on any atom is 0.317 e. The minimum atomic E-state index is -0.342. The number of nitrogens with zero attached hydrogens (tertiary/aromatic N) is 1. The van der Waals surface area contributed by atoms with Crippen LogP contribution in [-0.4, -0.2) is 25.2 Å². The molecule has 0 aliphatic heterocycles. The second kappa shape index (κ2) is 5.52. The SMILES string of the molecule is COC(=O)CC#Cc1nc2ccc(OC)cc2s1. The minimum absolute atomic E-state index is 0.0791. The predicted molar refractivity (Wildman–Crippen MR) is 69.7 cm³/mol. The van der Waals surface area contributed by atoms with Crippen molar-refractivity contribution in [3.8, 4) is 17.6 Å². The van der Waals surface area contributed by atoms with Crippen molar-refractivity contribution in [2.24, 2.45) is 0 Å². The number of thiazole rings is 1. The van der Waals surface area contributed by atoms with E-state index in [2.05, 4.69) is 21.6 Å². The van der Waals surface area contributed by atoms with E-state index >= 15 is 0 Å². The summed E-state index contributed by atoms with van der Waals surface area (Å²) in [6.45, 7) is 0. The van der Waals surface area contributed by atoms with Gasteiger partial charge in [0.1, 0.15) is 12.2 Å². The van der Waals surface area contributed by atoms with E-state index in [0.717, 1.165) is 16.0 Å². The lowest BCUT2D eigenvalue weighted by atomic mass is 10.3. The molecule has 92 valence electrons. The van der Waals surface area contributed by atoms with E-state index in [1.54, 1.807) is 7.11 Å². The zero-order valence-corrected chi connectivity index (χ0v) is 10.8. The Kier molecular flexibility index (Phi) is 3.80. The smallest absolute Gasteiger partial charge is 0.317 e. The zero-order chi connectivity index (χ0) is 13.0. The molecule has 1 aromatic heterocycles. The molecule has 2 aromatic rings. The Morgan fingerprint density at radius 1 is 1.44 bits per heavy atom. The molecule has 5 heteroatoms. The van der Waals surface area contributed by atoms with Gasteiger partial charge in [0.25, 0.3) is 0 Å². The van der Waals surface area contributed by atoms with Crippen molar-refractivity contribution in [3.63, 3.8) is 0 Å². The summed E-state index contributed by atoms with van der Waals surface area (Å²) in [4.78, 5) is 15.2. The number of esters is 1. The van der Waals surface area contributed by atoms with E-state index in [1.807, 2.05) is 18.2 Å². The standard InChI is InChI=1S/C13H11NO3S/c1-16-9-6-7-10-11(8-9)18-12(14-10)4-3-5-13(15)17-2/h6-8H,5H2,1-2H3. The molecule has 0 spiro atoms. The molecule has 2 rings (SSSR count). The summed E-state index contributed by atoms with van der Waals surface area (Å²) in [6.07, 6.45) is 0.0791. The summed E-state index contributed by atoms with van der Waals surface area (Å²) < 4.78 is 10.7. The van der Waals surface area contributed by atoms with Gasteiger partial charge in [0, 0.05) is 0 Å². The molecule has 0 N–H and O–H groups in total. The van der Waals surface area contributed by atoms with Gasteiger partial charge in [-0.2, -0.15) is 0 Å². The van der Waals surface area contributed by atoms with Crippen molar-refractivity contribution >= 4 is 27.5 Å². The fraction of sp³-hybridized carbons (Fsp3) is 0.231. The van der Waals surface area contributed by atoms with Gasteiger partial charge >= 0.3 is 5.97 Å². The van der Waals surface area contributed by atoms with Crippen LogP contribution in [0.5, 0.6) is 5.75 Å². The summed E-state index contributed by atoms with van der Waals surface area (Å²) in [5, 5.41) is 0.683. The molecule has 18 heavy (non-hydrogen) atoms. The van der Waals surface area contributed by atoms with E-state index in [9.17, 15) is 4.79 Å². The Morgan fingerprint density at radius 3 is 3.00 bits per heavy atom. The third kappa shape index (κ3) is 2.79. The first-order chi connectivity index (χ1) is 8.72. The zero-order valence-electron chi connectivity index (χ0n) is 10.0. The first kappa shape index (κ1) is 12.4. The molecule has 0 amide bonds. The maximum absolute atomic E-state index is 10.9. The molecule has 0 saturated carbocycles. The average molecular weight is 261 g/mol. The summed E-state index contributed by atoms with van der Waals surface area (Å²) in [7, 11) is 2.97. The van der Waals surface area contributed by atoms with Gasteiger partial charge in [0.2, 0.25) is 0 Å². The van der Waals surface area contributed by atoms with Crippen molar-refractivity contribution in [2.45, 2.75) is 6.42 Å². The average Bonchev–Trinajstić information content (AvgIpc) is 2.79. The lowest BCUT2D eigenvalue weighted by molar-refractivity contribution is -0.139. The number of carbonyl (C=O) groups excluding carboxylic acids is 1. The molecule has 0 aliphatic carbocycles. The molecule has 0 fully saturated rings. The van der Waals surface area contributed by atoms with Gasteiger partial charge in [-0.25, -0.2) is 4.98 Å². The summed E-state index contributed by atoms with van der Waals surface area (Å²) in [5.74, 6) is 6.04. The summed E-state index contributed by atoms with van der Waals surface area (Å²) in [6, 6.07) is 5.66. The van der Waals surface area contributed by atoms with Gasteiger partial charge in [0.05, 0.1) is 24.4 Å². The number of rotatable bonds is 2. The van der Waals surface area contributed by atoms with Crippen molar-refractivity contribution in [1.29, 1.82) is 0 Å². The number of benzene rings is 1. The second-order valence-corrected chi connectivity index (χ2v) is 4.44. The number of hydrogen-bond acceptors (Lipinski definition) is 5. The summed E-state index contributed by atoms with van der Waals surface area (Å²) >= 11 is 1.47. The lowest BCUT2D eigenvalue weighted by Gasteiger charge is -1.96. The molecule has 0 aliphatic rings. The highest BCUT2D eigenvalue weighted by Gasteiger charge is 2.03. The van der Waals surface area contributed by atoms with E-state index < -0.39 is 0 Å². The number of carbonyl (C=O) groups is 1. The van der Waals surface area contributed by atoms with Crippen LogP contribution in [-0.2, 0) is 9.53 Å². The molecular formula is C13H11NO3S. The highest BCUT2D eigenvalue weighted by atomic mass is 32.1. The fourth-order valence-electron chi connectivity index (χ4n) is 1.35. The Hall–Kier alpha value is -2.06. The molecule has 1 heterocycles. The molecular weight excluding hydrogens is 250 g/mol. The molecule has 0 saturated heterocycles. The van der Waals surface area contributed by atoms with Gasteiger partial charge in [-0.05, 0) is 24.1 Å². The van der Waals surface area contributed by atoms with E-state index in [-0.39, 0.29) is 12.4 Å². The minimum Gasteiger partial charge on any atom is -0.497 e. The quantitative estimate of drug-likeness (QED) is 0.614. The number of methoxy groups -OCH3 is 2. The van der Waals surface area contributed by atoms with E-state index in [4.69, 9.17) is 4.74 Å².